The van der Waals surface area contributed by atoms with E-state index in [0.717, 1.165) is 6.42 Å². The van der Waals surface area contributed by atoms with Gasteiger partial charge < -0.3 is 29.6 Å². The largest absolute Gasteiger partial charge is 0.493 e. The Balaban J connectivity index is 2.02. The van der Waals surface area contributed by atoms with Crippen molar-refractivity contribution in [2.24, 2.45) is 0 Å². The van der Waals surface area contributed by atoms with Gasteiger partial charge in [0.05, 0.1) is 40.0 Å². The van der Waals surface area contributed by atoms with Crippen LogP contribution in [-0.2, 0) is 9.53 Å². The molecule has 30 heavy (non-hydrogen) atoms. The van der Waals surface area contributed by atoms with E-state index in [-0.39, 0.29) is 18.4 Å². The minimum Gasteiger partial charge on any atom is -0.493 e. The van der Waals surface area contributed by atoms with Gasteiger partial charge in [0.2, 0.25) is 5.75 Å². The Morgan fingerprint density at radius 2 is 1.70 bits per heavy atom. The molecule has 1 aliphatic rings. The van der Waals surface area contributed by atoms with Crippen molar-refractivity contribution in [2.45, 2.75) is 19.8 Å². The third-order valence-electron chi connectivity index (χ3n) is 4.33. The summed E-state index contributed by atoms with van der Waals surface area (Å²) in [6, 6.07) is 2.95. The number of urea groups is 1. The quantitative estimate of drug-likeness (QED) is 0.464. The molecule has 1 saturated heterocycles. The number of hydrogen-bond acceptors (Lipinski definition) is 7. The van der Waals surface area contributed by atoms with Crippen molar-refractivity contribution in [3.05, 3.63) is 12.1 Å². The lowest BCUT2D eigenvalue weighted by atomic mass is 10.2. The molecule has 1 heterocycles. The fourth-order valence-electron chi connectivity index (χ4n) is 2.97. The minimum atomic E-state index is -0.351. The van der Waals surface area contributed by atoms with Gasteiger partial charge in [0.25, 0.3) is 0 Å². The van der Waals surface area contributed by atoms with E-state index in [0.29, 0.717) is 54.3 Å². The Bertz CT molecular complexity index is 750. The summed E-state index contributed by atoms with van der Waals surface area (Å²) >= 11 is 5.39. The highest BCUT2D eigenvalue weighted by Crippen LogP contribution is 2.40. The van der Waals surface area contributed by atoms with Crippen LogP contribution >= 0.6 is 12.2 Å². The van der Waals surface area contributed by atoms with Crippen LogP contribution in [0.1, 0.15) is 19.8 Å². The molecule has 166 valence electrons. The number of carbonyl (C=O) groups excluding carboxylic acids is 2. The number of esters is 1. The molecule has 1 fully saturated rings. The molecule has 0 spiro atoms. The van der Waals surface area contributed by atoms with Gasteiger partial charge in [-0.15, -0.1) is 0 Å². The lowest BCUT2D eigenvalue weighted by Crippen LogP contribution is -2.50. The lowest BCUT2D eigenvalue weighted by molar-refractivity contribution is -0.142. The minimum absolute atomic E-state index is 0.194. The number of ether oxygens (including phenoxy) is 4. The molecule has 10 nitrogen and oxygen atoms in total. The summed E-state index contributed by atoms with van der Waals surface area (Å²) in [6.07, 6.45) is 0.960. The number of methoxy groups -OCH3 is 3. The molecule has 0 unspecified atom stereocenters. The molecule has 0 atom stereocenters. The first kappa shape index (κ1) is 23.3. The molecule has 2 amide bonds. The summed E-state index contributed by atoms with van der Waals surface area (Å²) in [4.78, 5) is 24.3. The molecule has 0 bridgehead atoms. The van der Waals surface area contributed by atoms with Gasteiger partial charge in [-0.1, -0.05) is 0 Å². The molecule has 11 heteroatoms. The van der Waals surface area contributed by atoms with Gasteiger partial charge in [-0.05, 0) is 25.6 Å². The Morgan fingerprint density at radius 1 is 1.07 bits per heavy atom. The van der Waals surface area contributed by atoms with E-state index in [1.165, 1.54) is 26.3 Å². The molecule has 2 N–H and O–H groups in total. The molecule has 1 aromatic rings. The fourth-order valence-corrected chi connectivity index (χ4v) is 3.26. The van der Waals surface area contributed by atoms with Gasteiger partial charge in [0.1, 0.15) is 0 Å². The number of thiocarbonyl (C=S) groups is 1. The summed E-state index contributed by atoms with van der Waals surface area (Å²) in [5, 5.41) is 9.38. The van der Waals surface area contributed by atoms with Crippen molar-refractivity contribution < 1.29 is 28.5 Å². The number of nitrogens with zero attached hydrogens (tertiary/aromatic N) is 2. The number of benzene rings is 1. The van der Waals surface area contributed by atoms with E-state index in [9.17, 15) is 9.59 Å². The Morgan fingerprint density at radius 3 is 2.27 bits per heavy atom. The predicted molar refractivity (Wildman–Crippen MR) is 115 cm³/mol. The standard InChI is InChI=1S/C19H28N4O6S/c1-5-29-16(24)7-8-20-19(30)23-10-6-9-22(23)18(25)21-13-11-14(26-2)17(28-4)15(12-13)27-3/h11-12H,5-10H2,1-4H3,(H,20,30)(H,21,25). The normalized spacial score (nSPS) is 12.9. The number of rotatable bonds is 8. The summed E-state index contributed by atoms with van der Waals surface area (Å²) < 4.78 is 20.8. The summed E-state index contributed by atoms with van der Waals surface area (Å²) in [7, 11) is 4.52. The second kappa shape index (κ2) is 11.3. The summed E-state index contributed by atoms with van der Waals surface area (Å²) in [6.45, 7) is 3.52. The summed E-state index contributed by atoms with van der Waals surface area (Å²) in [5.41, 5.74) is 0.488. The highest BCUT2D eigenvalue weighted by Gasteiger charge is 2.29. The molecule has 0 aliphatic carbocycles. The maximum Gasteiger partial charge on any atom is 0.340 e. The van der Waals surface area contributed by atoms with Crippen molar-refractivity contribution in [3.8, 4) is 17.2 Å². The Kier molecular flexibility index (Phi) is 8.78. The average Bonchev–Trinajstić information content (AvgIpc) is 3.23. The maximum atomic E-state index is 12.8. The number of carbonyl (C=O) groups is 2. The SMILES string of the molecule is CCOC(=O)CCNC(=S)N1CCCN1C(=O)Nc1cc(OC)c(OC)c(OC)c1. The first-order chi connectivity index (χ1) is 14.4. The molecular formula is C19H28N4O6S. The van der Waals surface area contributed by atoms with Gasteiger partial charge in [0, 0.05) is 31.8 Å². The van der Waals surface area contributed by atoms with Gasteiger partial charge in [0.15, 0.2) is 16.6 Å². The zero-order valence-electron chi connectivity index (χ0n) is 17.6. The van der Waals surface area contributed by atoms with E-state index in [1.54, 1.807) is 24.1 Å². The van der Waals surface area contributed by atoms with Crippen molar-refractivity contribution in [2.75, 3.05) is 52.9 Å². The van der Waals surface area contributed by atoms with Crippen LogP contribution in [0.3, 0.4) is 0 Å². The first-order valence-corrected chi connectivity index (χ1v) is 9.95. The monoisotopic (exact) mass is 440 g/mol. The third-order valence-corrected chi connectivity index (χ3v) is 4.68. The molecule has 0 radical (unpaired) electrons. The van der Waals surface area contributed by atoms with Crippen LogP contribution in [0.25, 0.3) is 0 Å². The molecule has 1 aromatic carbocycles. The van der Waals surface area contributed by atoms with Crippen LogP contribution in [-0.4, -0.2) is 74.7 Å². The van der Waals surface area contributed by atoms with Crippen LogP contribution in [0, 0.1) is 0 Å². The number of anilines is 1. The number of hydrogen-bond donors (Lipinski definition) is 2. The number of nitrogens with one attached hydrogen (secondary N) is 2. The van der Waals surface area contributed by atoms with Crippen LogP contribution in [0.15, 0.2) is 12.1 Å². The molecule has 2 rings (SSSR count). The van der Waals surface area contributed by atoms with Crippen LogP contribution in [0.4, 0.5) is 10.5 Å². The first-order valence-electron chi connectivity index (χ1n) is 9.54. The van der Waals surface area contributed by atoms with Gasteiger partial charge >= 0.3 is 12.0 Å². The van der Waals surface area contributed by atoms with Gasteiger partial charge in [-0.3, -0.25) is 9.80 Å². The number of hydrazine groups is 1. The predicted octanol–water partition coefficient (Wildman–Crippen LogP) is 1.99. The average molecular weight is 441 g/mol. The highest BCUT2D eigenvalue weighted by molar-refractivity contribution is 7.80. The van der Waals surface area contributed by atoms with Crippen LogP contribution in [0.2, 0.25) is 0 Å². The molecule has 0 saturated carbocycles. The highest BCUT2D eigenvalue weighted by atomic mass is 32.1. The molecular weight excluding hydrogens is 412 g/mol. The maximum absolute atomic E-state index is 12.8. The van der Waals surface area contributed by atoms with Gasteiger partial charge in [-0.2, -0.15) is 0 Å². The van der Waals surface area contributed by atoms with E-state index in [4.69, 9.17) is 31.2 Å². The smallest absolute Gasteiger partial charge is 0.340 e. The van der Waals surface area contributed by atoms with Crippen molar-refractivity contribution >= 4 is 35.0 Å². The van der Waals surface area contributed by atoms with Crippen molar-refractivity contribution in [1.29, 1.82) is 0 Å². The zero-order chi connectivity index (χ0) is 22.1. The van der Waals surface area contributed by atoms with Gasteiger partial charge in [-0.25, -0.2) is 9.80 Å². The number of amides is 2. The summed E-state index contributed by atoms with van der Waals surface area (Å²) in [5.74, 6) is 1.00. The van der Waals surface area contributed by atoms with Crippen molar-refractivity contribution in [3.63, 3.8) is 0 Å². The topological polar surface area (TPSA) is 102 Å². The fraction of sp³-hybridized carbons (Fsp3) is 0.526. The second-order valence-corrected chi connectivity index (χ2v) is 6.62. The molecule has 0 aromatic heterocycles. The van der Waals surface area contributed by atoms with Crippen LogP contribution in [0.5, 0.6) is 17.2 Å². The van der Waals surface area contributed by atoms with Crippen molar-refractivity contribution in [1.82, 2.24) is 15.3 Å². The Hall–Kier alpha value is -2.95. The third kappa shape index (κ3) is 5.78. The zero-order valence-corrected chi connectivity index (χ0v) is 18.5. The van der Waals surface area contributed by atoms with Crippen LogP contribution < -0.4 is 24.8 Å². The van der Waals surface area contributed by atoms with E-state index in [1.807, 2.05) is 0 Å². The lowest BCUT2D eigenvalue weighted by Gasteiger charge is -2.30. The molecule has 1 aliphatic heterocycles. The Labute approximate surface area is 181 Å². The second-order valence-electron chi connectivity index (χ2n) is 6.23. The van der Waals surface area contributed by atoms with E-state index in [2.05, 4.69) is 10.6 Å². The van der Waals surface area contributed by atoms with E-state index < -0.39 is 0 Å². The van der Waals surface area contributed by atoms with E-state index >= 15 is 0 Å².